The van der Waals surface area contributed by atoms with E-state index in [0.717, 1.165) is 16.5 Å². The third-order valence-electron chi connectivity index (χ3n) is 6.07. The summed E-state index contributed by atoms with van der Waals surface area (Å²) in [5, 5.41) is 4.47. The van der Waals surface area contributed by atoms with Gasteiger partial charge in [0, 0.05) is 35.8 Å². The molecule has 1 atom stereocenters. The summed E-state index contributed by atoms with van der Waals surface area (Å²) in [6.45, 7) is 1.95. The predicted octanol–water partition coefficient (Wildman–Crippen LogP) is 4.05. The summed E-state index contributed by atoms with van der Waals surface area (Å²) in [7, 11) is 1.52. The molecule has 0 bridgehead atoms. The minimum Gasteiger partial charge on any atom is -0.467 e. The van der Waals surface area contributed by atoms with E-state index in [0.29, 0.717) is 28.5 Å². The first-order chi connectivity index (χ1) is 18.0. The van der Waals surface area contributed by atoms with Gasteiger partial charge in [0.2, 0.25) is 0 Å². The summed E-state index contributed by atoms with van der Waals surface area (Å²) in [6.07, 6.45) is 8.13. The third-order valence-corrected chi connectivity index (χ3v) is 6.33. The number of hydrogen-bond acceptors (Lipinski definition) is 8. The molecule has 11 nitrogen and oxygen atoms in total. The van der Waals surface area contributed by atoms with E-state index in [1.807, 2.05) is 49.5 Å². The fourth-order valence-corrected chi connectivity index (χ4v) is 4.55. The Kier molecular flexibility index (Phi) is 5.53. The van der Waals surface area contributed by atoms with Crippen LogP contribution in [-0.2, 0) is 0 Å². The van der Waals surface area contributed by atoms with Crippen LogP contribution in [0.2, 0.25) is 5.15 Å². The van der Waals surface area contributed by atoms with Crippen LogP contribution in [0.1, 0.15) is 18.7 Å². The van der Waals surface area contributed by atoms with Gasteiger partial charge in [-0.25, -0.2) is 34.1 Å². The molecule has 1 unspecified atom stereocenters. The second-order valence-electron chi connectivity index (χ2n) is 8.27. The number of rotatable bonds is 6. The number of methoxy groups -OCH3 is 1. The van der Waals surface area contributed by atoms with Crippen LogP contribution in [0.15, 0.2) is 72.3 Å². The Hall–Kier alpha value is -4.77. The highest BCUT2D eigenvalue weighted by atomic mass is 35.5. The monoisotopic (exact) mass is 513 g/mol. The number of hydrogen-bond donors (Lipinski definition) is 2. The van der Waals surface area contributed by atoms with Crippen molar-refractivity contribution in [1.82, 2.24) is 38.9 Å². The smallest absolute Gasteiger partial charge is 0.339 e. The largest absolute Gasteiger partial charge is 0.467 e. The van der Waals surface area contributed by atoms with Gasteiger partial charge in [-0.1, -0.05) is 29.8 Å². The maximum atomic E-state index is 13.6. The Bertz CT molecular complexity index is 1790. The van der Waals surface area contributed by atoms with Gasteiger partial charge in [-0.2, -0.15) is 0 Å². The molecule has 0 aliphatic rings. The Balaban J connectivity index is 1.48. The van der Waals surface area contributed by atoms with Crippen molar-refractivity contribution in [2.24, 2.45) is 0 Å². The second kappa shape index (κ2) is 9.03. The lowest BCUT2D eigenvalue weighted by molar-refractivity contribution is 0.380. The van der Waals surface area contributed by atoms with Gasteiger partial charge >= 0.3 is 11.7 Å². The van der Waals surface area contributed by atoms with E-state index in [1.54, 1.807) is 17.0 Å². The highest BCUT2D eigenvalue weighted by molar-refractivity contribution is 6.29. The SMILES string of the molecule is COc1ncc(-c2c[nH]c3ncnc(NC(C)c4cc5ncc(Cl)n5c(=O)n4-c4ccccc4)c23)cn1. The molecule has 6 aromatic rings. The quantitative estimate of drug-likeness (QED) is 0.341. The number of benzene rings is 1. The Morgan fingerprint density at radius 2 is 1.84 bits per heavy atom. The van der Waals surface area contributed by atoms with E-state index >= 15 is 0 Å². The lowest BCUT2D eigenvalue weighted by atomic mass is 10.1. The minimum absolute atomic E-state index is 0.244. The van der Waals surface area contributed by atoms with Crippen molar-refractivity contribution in [3.63, 3.8) is 0 Å². The highest BCUT2D eigenvalue weighted by Gasteiger charge is 2.21. The van der Waals surface area contributed by atoms with Crippen LogP contribution in [0.25, 0.3) is 33.5 Å². The molecule has 184 valence electrons. The molecule has 0 amide bonds. The topological polar surface area (TPSA) is 128 Å². The number of anilines is 1. The van der Waals surface area contributed by atoms with E-state index in [9.17, 15) is 4.79 Å². The van der Waals surface area contributed by atoms with Crippen molar-refractivity contribution in [2.45, 2.75) is 13.0 Å². The number of ether oxygens (including phenoxy) is 1. The molecule has 12 heteroatoms. The van der Waals surface area contributed by atoms with E-state index in [4.69, 9.17) is 16.3 Å². The number of para-hydroxylation sites is 1. The Morgan fingerprint density at radius 1 is 1.05 bits per heavy atom. The molecular weight excluding hydrogens is 494 g/mol. The average molecular weight is 514 g/mol. The predicted molar refractivity (Wildman–Crippen MR) is 139 cm³/mol. The summed E-state index contributed by atoms with van der Waals surface area (Å²) < 4.78 is 8.07. The van der Waals surface area contributed by atoms with Gasteiger partial charge in [-0.15, -0.1) is 0 Å². The van der Waals surface area contributed by atoms with Crippen LogP contribution in [0.3, 0.4) is 0 Å². The average Bonchev–Trinajstić information content (AvgIpc) is 3.53. The molecule has 5 aromatic heterocycles. The normalized spacial score (nSPS) is 12.2. The number of nitrogens with zero attached hydrogens (tertiary/aromatic N) is 7. The number of aromatic nitrogens is 8. The van der Waals surface area contributed by atoms with E-state index < -0.39 is 0 Å². The number of nitrogens with one attached hydrogen (secondary N) is 2. The van der Waals surface area contributed by atoms with Crippen molar-refractivity contribution in [3.05, 3.63) is 88.8 Å². The molecule has 1 aromatic carbocycles. The zero-order valence-electron chi connectivity index (χ0n) is 19.8. The molecule has 0 saturated carbocycles. The van der Waals surface area contributed by atoms with Gasteiger partial charge in [0.25, 0.3) is 0 Å². The lowest BCUT2D eigenvalue weighted by Crippen LogP contribution is -2.30. The maximum Gasteiger partial charge on any atom is 0.339 e. The van der Waals surface area contributed by atoms with Gasteiger partial charge in [-0.3, -0.25) is 4.57 Å². The molecule has 0 aliphatic carbocycles. The minimum atomic E-state index is -0.360. The summed E-state index contributed by atoms with van der Waals surface area (Å²) >= 11 is 6.28. The van der Waals surface area contributed by atoms with Crippen molar-refractivity contribution < 1.29 is 4.74 Å². The van der Waals surface area contributed by atoms with Gasteiger partial charge in [-0.05, 0) is 19.1 Å². The summed E-state index contributed by atoms with van der Waals surface area (Å²) in [6, 6.07) is 11.1. The van der Waals surface area contributed by atoms with E-state index in [-0.39, 0.29) is 22.9 Å². The van der Waals surface area contributed by atoms with Crippen LogP contribution in [-0.4, -0.2) is 46.0 Å². The zero-order chi connectivity index (χ0) is 25.5. The molecule has 0 aliphatic heterocycles. The van der Waals surface area contributed by atoms with Gasteiger partial charge in [0.05, 0.1) is 36.1 Å². The fourth-order valence-electron chi connectivity index (χ4n) is 4.34. The molecule has 5 heterocycles. The van der Waals surface area contributed by atoms with Crippen molar-refractivity contribution in [3.8, 4) is 22.8 Å². The number of fused-ring (bicyclic) bond motifs is 2. The van der Waals surface area contributed by atoms with Crippen LogP contribution in [0.5, 0.6) is 6.01 Å². The van der Waals surface area contributed by atoms with Crippen LogP contribution in [0, 0.1) is 0 Å². The highest BCUT2D eigenvalue weighted by Crippen LogP contribution is 2.33. The van der Waals surface area contributed by atoms with Gasteiger partial charge < -0.3 is 15.0 Å². The third kappa shape index (κ3) is 3.85. The molecule has 0 saturated heterocycles. The summed E-state index contributed by atoms with van der Waals surface area (Å²) in [5.74, 6) is 0.581. The zero-order valence-corrected chi connectivity index (χ0v) is 20.5. The van der Waals surface area contributed by atoms with Crippen molar-refractivity contribution in [1.29, 1.82) is 0 Å². The number of aromatic amines is 1. The van der Waals surface area contributed by atoms with Crippen LogP contribution >= 0.6 is 11.6 Å². The first kappa shape index (κ1) is 22.7. The van der Waals surface area contributed by atoms with Gasteiger partial charge in [0.1, 0.15) is 28.6 Å². The van der Waals surface area contributed by atoms with Crippen LogP contribution < -0.4 is 15.7 Å². The molecule has 37 heavy (non-hydrogen) atoms. The number of halogens is 1. The van der Waals surface area contributed by atoms with E-state index in [1.165, 1.54) is 24.0 Å². The summed E-state index contributed by atoms with van der Waals surface area (Å²) in [5.41, 5.74) is 3.76. The van der Waals surface area contributed by atoms with Crippen molar-refractivity contribution in [2.75, 3.05) is 12.4 Å². The van der Waals surface area contributed by atoms with Crippen LogP contribution in [0.4, 0.5) is 5.82 Å². The molecule has 6 rings (SSSR count). The summed E-state index contributed by atoms with van der Waals surface area (Å²) in [4.78, 5) is 38.4. The second-order valence-corrected chi connectivity index (χ2v) is 8.66. The Morgan fingerprint density at radius 3 is 2.59 bits per heavy atom. The van der Waals surface area contributed by atoms with Gasteiger partial charge in [0.15, 0.2) is 0 Å². The maximum absolute atomic E-state index is 13.6. The molecule has 2 N–H and O–H groups in total. The van der Waals surface area contributed by atoms with Crippen molar-refractivity contribution >= 4 is 34.1 Å². The van der Waals surface area contributed by atoms with E-state index in [2.05, 4.69) is 35.2 Å². The Labute approximate surface area is 214 Å². The number of H-pyrrole nitrogens is 1. The first-order valence-electron chi connectivity index (χ1n) is 11.3. The lowest BCUT2D eigenvalue weighted by Gasteiger charge is -2.21. The first-order valence-corrected chi connectivity index (χ1v) is 11.7. The standard InChI is InChI=1S/C25H20ClN9O2/c1-14(18-8-20-27-12-19(26)35(20)25(36)34(18)16-6-4-3-5-7-16)33-23-21-17(11-28-22(21)31-13-32-23)15-9-29-24(37-2)30-10-15/h3-14H,1-2H3,(H2,28,31,32,33). The number of imidazole rings is 1. The molecule has 0 spiro atoms. The molecule has 0 fully saturated rings. The molecular formula is C25H20ClN9O2. The fraction of sp³-hybridized carbons (Fsp3) is 0.120. The molecule has 0 radical (unpaired) electrons.